The zero-order valence-corrected chi connectivity index (χ0v) is 19.4. The molecule has 7 nitrogen and oxygen atoms in total. The van der Waals surface area contributed by atoms with E-state index in [-0.39, 0.29) is 0 Å². The number of fused-ring (bicyclic) bond motifs is 1. The lowest BCUT2D eigenvalue weighted by Crippen LogP contribution is -2.32. The lowest BCUT2D eigenvalue weighted by Gasteiger charge is -2.14. The Labute approximate surface area is 197 Å². The van der Waals surface area contributed by atoms with Gasteiger partial charge in [-0.05, 0) is 64.9 Å². The number of aromatic nitrogens is 2. The van der Waals surface area contributed by atoms with Crippen molar-refractivity contribution < 1.29 is 9.47 Å². The lowest BCUT2D eigenvalue weighted by atomic mass is 10.2. The van der Waals surface area contributed by atoms with Crippen LogP contribution in [0.3, 0.4) is 0 Å². The maximum Gasteiger partial charge on any atom is 0.349 e. The van der Waals surface area contributed by atoms with Crippen molar-refractivity contribution in [2.45, 2.75) is 13.5 Å². The molecule has 0 aliphatic heterocycles. The molecule has 0 aliphatic carbocycles. The van der Waals surface area contributed by atoms with Gasteiger partial charge in [-0.2, -0.15) is 5.10 Å². The molecule has 0 fully saturated rings. The Kier molecular flexibility index (Phi) is 6.69. The van der Waals surface area contributed by atoms with E-state index in [9.17, 15) is 9.59 Å². The summed E-state index contributed by atoms with van der Waals surface area (Å²) in [4.78, 5) is 27.7. The SMILES string of the molecule is CCOc1cc(C=Nn2c(=O)[nH]c3ccccc3c2=O)cc(I)c1OCc1ccccc1. The van der Waals surface area contributed by atoms with Crippen LogP contribution in [0.25, 0.3) is 10.9 Å². The Morgan fingerprint density at radius 1 is 1.03 bits per heavy atom. The second-order valence-corrected chi connectivity index (χ2v) is 8.04. The average Bonchev–Trinajstić information content (AvgIpc) is 2.79. The number of halogens is 1. The number of benzene rings is 3. The van der Waals surface area contributed by atoms with Gasteiger partial charge in [0.15, 0.2) is 11.5 Å². The highest BCUT2D eigenvalue weighted by molar-refractivity contribution is 14.1. The maximum absolute atomic E-state index is 12.7. The highest BCUT2D eigenvalue weighted by Gasteiger charge is 2.13. The van der Waals surface area contributed by atoms with Crippen molar-refractivity contribution in [1.29, 1.82) is 0 Å². The summed E-state index contributed by atoms with van der Waals surface area (Å²) >= 11 is 2.17. The van der Waals surface area contributed by atoms with Crippen molar-refractivity contribution in [3.63, 3.8) is 0 Å². The van der Waals surface area contributed by atoms with Crippen LogP contribution in [0.15, 0.2) is 81.4 Å². The number of nitrogens with one attached hydrogen (secondary N) is 1. The third-order valence-electron chi connectivity index (χ3n) is 4.66. The zero-order valence-electron chi connectivity index (χ0n) is 17.2. The van der Waals surface area contributed by atoms with Crippen molar-refractivity contribution in [2.24, 2.45) is 5.10 Å². The first-order valence-electron chi connectivity index (χ1n) is 9.98. The van der Waals surface area contributed by atoms with E-state index < -0.39 is 11.2 Å². The molecule has 0 spiro atoms. The van der Waals surface area contributed by atoms with E-state index >= 15 is 0 Å². The predicted octanol–water partition coefficient (Wildman–Crippen LogP) is 4.15. The first kappa shape index (κ1) is 21.8. The van der Waals surface area contributed by atoms with E-state index in [0.29, 0.717) is 41.2 Å². The van der Waals surface area contributed by atoms with Gasteiger partial charge >= 0.3 is 5.69 Å². The smallest absolute Gasteiger partial charge is 0.349 e. The fourth-order valence-electron chi connectivity index (χ4n) is 3.18. The van der Waals surface area contributed by atoms with Gasteiger partial charge in [0.25, 0.3) is 5.56 Å². The number of hydrogen-bond acceptors (Lipinski definition) is 5. The van der Waals surface area contributed by atoms with Crippen LogP contribution in [0.4, 0.5) is 0 Å². The minimum atomic E-state index is -0.604. The van der Waals surface area contributed by atoms with E-state index in [0.717, 1.165) is 13.8 Å². The Hall–Kier alpha value is -3.40. The van der Waals surface area contributed by atoms with Crippen LogP contribution in [0.5, 0.6) is 11.5 Å². The van der Waals surface area contributed by atoms with Crippen LogP contribution < -0.4 is 20.7 Å². The minimum Gasteiger partial charge on any atom is -0.490 e. The molecule has 162 valence electrons. The zero-order chi connectivity index (χ0) is 22.5. The first-order valence-corrected chi connectivity index (χ1v) is 11.1. The Bertz CT molecular complexity index is 1390. The number of ether oxygens (including phenoxy) is 2. The van der Waals surface area contributed by atoms with Crippen LogP contribution in [-0.4, -0.2) is 22.5 Å². The number of nitrogens with zero attached hydrogens (tertiary/aromatic N) is 2. The summed E-state index contributed by atoms with van der Waals surface area (Å²) in [6.45, 7) is 2.76. The molecule has 1 N–H and O–H groups in total. The number of hydrogen-bond donors (Lipinski definition) is 1. The Balaban J connectivity index is 1.66. The molecule has 1 heterocycles. The molecule has 0 amide bonds. The molecule has 0 saturated carbocycles. The summed E-state index contributed by atoms with van der Waals surface area (Å²) in [6.07, 6.45) is 1.46. The molecule has 0 radical (unpaired) electrons. The standard InChI is InChI=1S/C24H20IN3O4/c1-2-31-21-13-17(12-19(25)22(21)32-15-16-8-4-3-5-9-16)14-26-28-23(29)18-10-6-7-11-20(18)27-24(28)30/h3-14H,2,15H2,1H3,(H,27,30). The minimum absolute atomic E-state index is 0.387. The van der Waals surface area contributed by atoms with Crippen LogP contribution in [0.1, 0.15) is 18.1 Å². The first-order chi connectivity index (χ1) is 15.6. The quantitative estimate of drug-likeness (QED) is 0.282. The van der Waals surface area contributed by atoms with Gasteiger partial charge in [0.1, 0.15) is 6.61 Å². The Morgan fingerprint density at radius 3 is 2.56 bits per heavy atom. The molecule has 8 heteroatoms. The number of para-hydroxylation sites is 1. The van der Waals surface area contributed by atoms with Crippen LogP contribution >= 0.6 is 22.6 Å². The van der Waals surface area contributed by atoms with Gasteiger partial charge in [0, 0.05) is 0 Å². The maximum atomic E-state index is 12.7. The summed E-state index contributed by atoms with van der Waals surface area (Å²) < 4.78 is 13.4. The largest absolute Gasteiger partial charge is 0.490 e. The van der Waals surface area contributed by atoms with Gasteiger partial charge in [-0.25, -0.2) is 4.79 Å². The second-order valence-electron chi connectivity index (χ2n) is 6.87. The number of rotatable bonds is 7. The number of aromatic amines is 1. The van der Waals surface area contributed by atoms with Gasteiger partial charge in [0.05, 0.1) is 27.3 Å². The molecule has 32 heavy (non-hydrogen) atoms. The van der Waals surface area contributed by atoms with Gasteiger partial charge in [-0.15, -0.1) is 4.68 Å². The van der Waals surface area contributed by atoms with Gasteiger partial charge < -0.3 is 14.5 Å². The highest BCUT2D eigenvalue weighted by atomic mass is 127. The summed E-state index contributed by atoms with van der Waals surface area (Å²) in [6, 6.07) is 20.3. The topological polar surface area (TPSA) is 85.7 Å². The molecule has 0 unspecified atom stereocenters. The van der Waals surface area contributed by atoms with Crippen molar-refractivity contribution in [2.75, 3.05) is 6.61 Å². The van der Waals surface area contributed by atoms with Crippen molar-refractivity contribution in [3.05, 3.63) is 102 Å². The fraction of sp³-hybridized carbons (Fsp3) is 0.125. The molecular formula is C24H20IN3O4. The van der Waals surface area contributed by atoms with Crippen molar-refractivity contribution in [3.8, 4) is 11.5 Å². The molecule has 4 aromatic rings. The Morgan fingerprint density at radius 2 is 1.78 bits per heavy atom. The predicted molar refractivity (Wildman–Crippen MR) is 133 cm³/mol. The van der Waals surface area contributed by atoms with E-state index in [1.165, 1.54) is 6.21 Å². The molecule has 1 aromatic heterocycles. The van der Waals surface area contributed by atoms with E-state index in [1.807, 2.05) is 43.3 Å². The molecule has 0 atom stereocenters. The third-order valence-corrected chi connectivity index (χ3v) is 5.47. The molecule has 0 saturated heterocycles. The van der Waals surface area contributed by atoms with Crippen LogP contribution in [-0.2, 0) is 6.61 Å². The van der Waals surface area contributed by atoms with Crippen LogP contribution in [0.2, 0.25) is 0 Å². The van der Waals surface area contributed by atoms with Crippen LogP contribution in [0, 0.1) is 3.57 Å². The molecule has 3 aromatic carbocycles. The van der Waals surface area contributed by atoms with E-state index in [2.05, 4.69) is 32.7 Å². The summed E-state index contributed by atoms with van der Waals surface area (Å²) in [5, 5.41) is 4.51. The third kappa shape index (κ3) is 4.75. The summed E-state index contributed by atoms with van der Waals surface area (Å²) in [7, 11) is 0. The normalized spacial score (nSPS) is 11.2. The highest BCUT2D eigenvalue weighted by Crippen LogP contribution is 2.34. The van der Waals surface area contributed by atoms with E-state index in [1.54, 1.807) is 30.3 Å². The van der Waals surface area contributed by atoms with Gasteiger partial charge in [-0.1, -0.05) is 42.5 Å². The summed E-state index contributed by atoms with van der Waals surface area (Å²) in [5.74, 6) is 1.20. The van der Waals surface area contributed by atoms with Crippen molar-refractivity contribution >= 4 is 39.7 Å². The average molecular weight is 541 g/mol. The van der Waals surface area contributed by atoms with E-state index in [4.69, 9.17) is 9.47 Å². The lowest BCUT2D eigenvalue weighted by molar-refractivity contribution is 0.267. The van der Waals surface area contributed by atoms with Gasteiger partial charge in [-0.3, -0.25) is 4.79 Å². The fourth-order valence-corrected chi connectivity index (χ4v) is 3.96. The number of H-pyrrole nitrogens is 1. The molecule has 0 aliphatic rings. The van der Waals surface area contributed by atoms with Crippen molar-refractivity contribution in [1.82, 2.24) is 9.66 Å². The molecular weight excluding hydrogens is 521 g/mol. The monoisotopic (exact) mass is 541 g/mol. The second kappa shape index (κ2) is 9.82. The summed E-state index contributed by atoms with van der Waals surface area (Å²) in [5.41, 5.74) is 1.10. The van der Waals surface area contributed by atoms with Gasteiger partial charge in [0.2, 0.25) is 0 Å². The molecule has 4 rings (SSSR count). The molecule has 0 bridgehead atoms.